The Kier molecular flexibility index (Phi) is 5.07. The Morgan fingerprint density at radius 2 is 1.79 bits per heavy atom. The fraction of sp³-hybridized carbons (Fsp3) is 0.312. The SMILES string of the molecule is CC(=CN(O)C(C)(C)C)C(=O)/C=C/c1ccccc1. The zero-order chi connectivity index (χ0) is 14.5. The van der Waals surface area contributed by atoms with Crippen molar-refractivity contribution in [1.82, 2.24) is 5.06 Å². The summed E-state index contributed by atoms with van der Waals surface area (Å²) >= 11 is 0. The Balaban J connectivity index is 2.73. The van der Waals surface area contributed by atoms with Crippen LogP contribution in [0.3, 0.4) is 0 Å². The summed E-state index contributed by atoms with van der Waals surface area (Å²) in [6, 6.07) is 9.62. The van der Waals surface area contributed by atoms with Crippen LogP contribution in [0.15, 0.2) is 48.2 Å². The van der Waals surface area contributed by atoms with Gasteiger partial charge in [0.25, 0.3) is 0 Å². The number of hydrogen-bond donors (Lipinski definition) is 1. The number of nitrogens with zero attached hydrogens (tertiary/aromatic N) is 1. The average Bonchev–Trinajstić information content (AvgIpc) is 2.35. The van der Waals surface area contributed by atoms with Crippen LogP contribution in [0, 0.1) is 0 Å². The van der Waals surface area contributed by atoms with Crippen LogP contribution in [-0.2, 0) is 4.79 Å². The number of benzene rings is 1. The lowest BCUT2D eigenvalue weighted by atomic mass is 10.1. The molecule has 0 saturated carbocycles. The molecule has 0 spiro atoms. The molecule has 1 N–H and O–H groups in total. The van der Waals surface area contributed by atoms with Crippen LogP contribution in [0.1, 0.15) is 33.3 Å². The Morgan fingerprint density at radius 3 is 2.32 bits per heavy atom. The van der Waals surface area contributed by atoms with Gasteiger partial charge in [0.15, 0.2) is 5.78 Å². The van der Waals surface area contributed by atoms with Crippen molar-refractivity contribution in [3.8, 4) is 0 Å². The quantitative estimate of drug-likeness (QED) is 0.662. The van der Waals surface area contributed by atoms with Gasteiger partial charge in [0, 0.05) is 11.8 Å². The van der Waals surface area contributed by atoms with Crippen LogP contribution >= 0.6 is 0 Å². The first kappa shape index (κ1) is 15.2. The van der Waals surface area contributed by atoms with Crippen molar-refractivity contribution in [2.24, 2.45) is 0 Å². The number of carbonyl (C=O) groups excluding carboxylic acids is 1. The van der Waals surface area contributed by atoms with Gasteiger partial charge >= 0.3 is 0 Å². The summed E-state index contributed by atoms with van der Waals surface area (Å²) in [6.45, 7) is 7.27. The fourth-order valence-electron chi connectivity index (χ4n) is 1.31. The van der Waals surface area contributed by atoms with Gasteiger partial charge < -0.3 is 0 Å². The van der Waals surface area contributed by atoms with Crippen molar-refractivity contribution >= 4 is 11.9 Å². The summed E-state index contributed by atoms with van der Waals surface area (Å²) in [5, 5.41) is 10.8. The number of hydroxylamine groups is 2. The second-order valence-corrected chi connectivity index (χ2v) is 5.44. The smallest absolute Gasteiger partial charge is 0.183 e. The van der Waals surface area contributed by atoms with E-state index in [1.165, 1.54) is 12.3 Å². The van der Waals surface area contributed by atoms with E-state index in [4.69, 9.17) is 0 Å². The van der Waals surface area contributed by atoms with Crippen molar-refractivity contribution in [2.45, 2.75) is 33.2 Å². The van der Waals surface area contributed by atoms with Crippen LogP contribution in [-0.4, -0.2) is 21.6 Å². The second-order valence-electron chi connectivity index (χ2n) is 5.44. The van der Waals surface area contributed by atoms with Crippen LogP contribution in [0.5, 0.6) is 0 Å². The number of ketones is 1. The summed E-state index contributed by atoms with van der Waals surface area (Å²) in [7, 11) is 0. The van der Waals surface area contributed by atoms with E-state index in [-0.39, 0.29) is 5.78 Å². The maximum Gasteiger partial charge on any atom is 0.183 e. The zero-order valence-electron chi connectivity index (χ0n) is 11.9. The first-order valence-corrected chi connectivity index (χ1v) is 6.25. The lowest BCUT2D eigenvalue weighted by Crippen LogP contribution is -2.34. The van der Waals surface area contributed by atoms with Gasteiger partial charge in [-0.3, -0.25) is 15.1 Å². The molecular weight excluding hydrogens is 238 g/mol. The van der Waals surface area contributed by atoms with Gasteiger partial charge in [-0.15, -0.1) is 0 Å². The highest BCUT2D eigenvalue weighted by atomic mass is 16.5. The predicted octanol–water partition coefficient (Wildman–Crippen LogP) is 3.66. The molecule has 0 aliphatic heterocycles. The molecule has 1 rings (SSSR count). The highest BCUT2D eigenvalue weighted by Crippen LogP contribution is 2.12. The monoisotopic (exact) mass is 259 g/mol. The molecule has 0 unspecified atom stereocenters. The number of allylic oxidation sites excluding steroid dienone is 2. The van der Waals surface area contributed by atoms with Crippen LogP contribution in [0.4, 0.5) is 0 Å². The van der Waals surface area contributed by atoms with Crippen molar-refractivity contribution in [1.29, 1.82) is 0 Å². The molecule has 19 heavy (non-hydrogen) atoms. The van der Waals surface area contributed by atoms with E-state index in [0.29, 0.717) is 5.57 Å². The van der Waals surface area contributed by atoms with Gasteiger partial charge in [0.2, 0.25) is 0 Å². The maximum atomic E-state index is 11.9. The van der Waals surface area contributed by atoms with Gasteiger partial charge in [-0.25, -0.2) is 0 Å². The molecule has 0 aromatic heterocycles. The molecule has 0 heterocycles. The van der Waals surface area contributed by atoms with Crippen LogP contribution in [0.2, 0.25) is 0 Å². The van der Waals surface area contributed by atoms with Crippen LogP contribution < -0.4 is 0 Å². The summed E-state index contributed by atoms with van der Waals surface area (Å²) in [5.41, 5.74) is 1.04. The molecule has 3 heteroatoms. The molecule has 0 amide bonds. The topological polar surface area (TPSA) is 40.5 Å². The highest BCUT2D eigenvalue weighted by Gasteiger charge is 2.16. The van der Waals surface area contributed by atoms with Gasteiger partial charge in [-0.2, -0.15) is 0 Å². The molecule has 0 bridgehead atoms. The number of rotatable bonds is 4. The Morgan fingerprint density at radius 1 is 1.21 bits per heavy atom. The summed E-state index contributed by atoms with van der Waals surface area (Å²) in [4.78, 5) is 11.9. The standard InChI is InChI=1S/C16H21NO2/c1-13(12-17(19)16(2,3)4)15(18)11-10-14-8-6-5-7-9-14/h5-12,19H,1-4H3/b11-10+,13-12?. The maximum absolute atomic E-state index is 11.9. The molecule has 0 aliphatic carbocycles. The first-order chi connectivity index (χ1) is 8.80. The lowest BCUT2D eigenvalue weighted by molar-refractivity contribution is -0.116. The van der Waals surface area contributed by atoms with Gasteiger partial charge in [-0.1, -0.05) is 36.4 Å². The minimum absolute atomic E-state index is 0.118. The van der Waals surface area contributed by atoms with Gasteiger partial charge in [-0.05, 0) is 39.3 Å². The van der Waals surface area contributed by atoms with Crippen molar-refractivity contribution in [3.05, 3.63) is 53.7 Å². The van der Waals surface area contributed by atoms with E-state index >= 15 is 0 Å². The molecule has 1 aromatic rings. The molecule has 0 atom stereocenters. The van der Waals surface area contributed by atoms with E-state index in [1.54, 1.807) is 13.0 Å². The minimum atomic E-state index is -0.426. The summed E-state index contributed by atoms with van der Waals surface area (Å²) < 4.78 is 0. The van der Waals surface area contributed by atoms with E-state index in [2.05, 4.69) is 0 Å². The number of carbonyl (C=O) groups is 1. The molecule has 0 aliphatic rings. The molecular formula is C16H21NO2. The van der Waals surface area contributed by atoms with Gasteiger partial charge in [0.05, 0.1) is 5.54 Å². The predicted molar refractivity (Wildman–Crippen MR) is 77.6 cm³/mol. The van der Waals surface area contributed by atoms with E-state index < -0.39 is 5.54 Å². The summed E-state index contributed by atoms with van der Waals surface area (Å²) in [5.74, 6) is -0.118. The highest BCUT2D eigenvalue weighted by molar-refractivity contribution is 6.05. The zero-order valence-corrected chi connectivity index (χ0v) is 11.9. The van der Waals surface area contributed by atoms with Crippen LogP contribution in [0.25, 0.3) is 6.08 Å². The largest absolute Gasteiger partial charge is 0.290 e. The third-order valence-corrected chi connectivity index (χ3v) is 2.62. The van der Waals surface area contributed by atoms with Crippen molar-refractivity contribution in [3.63, 3.8) is 0 Å². The molecule has 3 nitrogen and oxygen atoms in total. The number of hydrogen-bond acceptors (Lipinski definition) is 3. The Labute approximate surface area is 114 Å². The molecule has 0 saturated heterocycles. The lowest BCUT2D eigenvalue weighted by Gasteiger charge is -2.28. The van der Waals surface area contributed by atoms with E-state index in [0.717, 1.165) is 10.6 Å². The van der Waals surface area contributed by atoms with Gasteiger partial charge in [0.1, 0.15) is 0 Å². The molecule has 102 valence electrons. The fourth-order valence-corrected chi connectivity index (χ4v) is 1.31. The van der Waals surface area contributed by atoms with E-state index in [1.807, 2.05) is 51.1 Å². The first-order valence-electron chi connectivity index (χ1n) is 6.25. The summed E-state index contributed by atoms with van der Waals surface area (Å²) in [6.07, 6.45) is 4.73. The Hall–Kier alpha value is -1.87. The minimum Gasteiger partial charge on any atom is -0.290 e. The molecule has 0 fully saturated rings. The van der Waals surface area contributed by atoms with Crippen molar-refractivity contribution in [2.75, 3.05) is 0 Å². The normalized spacial score (nSPS) is 12.8. The molecule has 0 radical (unpaired) electrons. The second kappa shape index (κ2) is 6.34. The van der Waals surface area contributed by atoms with Crippen molar-refractivity contribution < 1.29 is 10.0 Å². The average molecular weight is 259 g/mol. The molecule has 1 aromatic carbocycles. The third kappa shape index (κ3) is 5.10. The third-order valence-electron chi connectivity index (χ3n) is 2.62. The van der Waals surface area contributed by atoms with E-state index in [9.17, 15) is 10.0 Å². The Bertz CT molecular complexity index is 481.